The molecule has 0 aliphatic rings. The summed E-state index contributed by atoms with van der Waals surface area (Å²) in [6.45, 7) is 9.31. The van der Waals surface area contributed by atoms with Gasteiger partial charge in [0.2, 0.25) is 0 Å². The number of hydrogen-bond donors (Lipinski definition) is 3. The molecule has 1 heterocycles. The molecular weight excluding hydrogens is 278 g/mol. The molecule has 116 valence electrons. The molecule has 0 radical (unpaired) electrons. The lowest BCUT2D eigenvalue weighted by Gasteiger charge is -2.17. The standard InChI is InChI=1S/C12H25N5O2S/c1-4-17(5-2)8-6-7-14-20(18,19)12-11(9-13)10(3)15-16-12/h14H,4-9,13H2,1-3H3,(H,15,16). The van der Waals surface area contributed by atoms with Crippen LogP contribution < -0.4 is 10.5 Å². The van der Waals surface area contributed by atoms with Gasteiger partial charge in [0.05, 0.1) is 0 Å². The predicted molar refractivity (Wildman–Crippen MR) is 78.8 cm³/mol. The average Bonchev–Trinajstić information content (AvgIpc) is 2.80. The fourth-order valence-corrected chi connectivity index (χ4v) is 3.29. The summed E-state index contributed by atoms with van der Waals surface area (Å²) in [6.07, 6.45) is 0.766. The first-order chi connectivity index (χ1) is 9.46. The first kappa shape index (κ1) is 17.1. The number of aromatic amines is 1. The summed E-state index contributed by atoms with van der Waals surface area (Å²) in [5.41, 5.74) is 6.80. The van der Waals surface area contributed by atoms with Gasteiger partial charge >= 0.3 is 0 Å². The van der Waals surface area contributed by atoms with Crippen molar-refractivity contribution in [3.63, 3.8) is 0 Å². The van der Waals surface area contributed by atoms with Gasteiger partial charge in [0.1, 0.15) is 0 Å². The number of H-pyrrole nitrogens is 1. The minimum atomic E-state index is -3.58. The maximum Gasteiger partial charge on any atom is 0.260 e. The summed E-state index contributed by atoms with van der Waals surface area (Å²) < 4.78 is 26.9. The van der Waals surface area contributed by atoms with Crippen molar-refractivity contribution in [3.8, 4) is 0 Å². The highest BCUT2D eigenvalue weighted by Crippen LogP contribution is 2.14. The number of sulfonamides is 1. The van der Waals surface area contributed by atoms with E-state index in [-0.39, 0.29) is 11.6 Å². The Morgan fingerprint density at radius 1 is 1.35 bits per heavy atom. The molecule has 0 aromatic carbocycles. The molecule has 0 atom stereocenters. The number of nitrogens with zero attached hydrogens (tertiary/aromatic N) is 2. The second-order valence-electron chi connectivity index (χ2n) is 4.61. The molecule has 0 amide bonds. The SMILES string of the molecule is CCN(CC)CCCNS(=O)(=O)c1n[nH]c(C)c1CN. The van der Waals surface area contributed by atoms with Crippen molar-refractivity contribution >= 4 is 10.0 Å². The van der Waals surface area contributed by atoms with E-state index in [2.05, 4.69) is 33.7 Å². The highest BCUT2D eigenvalue weighted by atomic mass is 32.2. The topological polar surface area (TPSA) is 104 Å². The van der Waals surface area contributed by atoms with E-state index < -0.39 is 10.0 Å². The fraction of sp³-hybridized carbons (Fsp3) is 0.750. The Hall–Kier alpha value is -0.960. The fourth-order valence-electron chi connectivity index (χ4n) is 2.01. The molecule has 4 N–H and O–H groups in total. The summed E-state index contributed by atoms with van der Waals surface area (Å²) >= 11 is 0. The second kappa shape index (κ2) is 7.72. The lowest BCUT2D eigenvalue weighted by Crippen LogP contribution is -2.30. The van der Waals surface area contributed by atoms with Gasteiger partial charge in [-0.25, -0.2) is 13.1 Å². The van der Waals surface area contributed by atoms with Gasteiger partial charge in [-0.1, -0.05) is 13.8 Å². The molecular formula is C12H25N5O2S. The van der Waals surface area contributed by atoms with Crippen LogP contribution in [0.25, 0.3) is 0 Å². The Bertz CT molecular complexity index is 508. The van der Waals surface area contributed by atoms with Gasteiger partial charge < -0.3 is 10.6 Å². The van der Waals surface area contributed by atoms with Gasteiger partial charge in [-0.05, 0) is 33.0 Å². The maximum absolute atomic E-state index is 12.1. The van der Waals surface area contributed by atoms with Crippen molar-refractivity contribution in [2.24, 2.45) is 5.73 Å². The summed E-state index contributed by atoms with van der Waals surface area (Å²) in [5.74, 6) is 0. The van der Waals surface area contributed by atoms with E-state index in [4.69, 9.17) is 5.73 Å². The quantitative estimate of drug-likeness (QED) is 0.565. The lowest BCUT2D eigenvalue weighted by atomic mass is 10.3. The zero-order valence-electron chi connectivity index (χ0n) is 12.4. The smallest absolute Gasteiger partial charge is 0.260 e. The van der Waals surface area contributed by atoms with Crippen LogP contribution in [0, 0.1) is 6.92 Å². The van der Waals surface area contributed by atoms with Crippen LogP contribution in [0.2, 0.25) is 0 Å². The molecule has 0 aliphatic carbocycles. The molecule has 1 rings (SSSR count). The van der Waals surface area contributed by atoms with Crippen LogP contribution >= 0.6 is 0 Å². The summed E-state index contributed by atoms with van der Waals surface area (Å²) in [6, 6.07) is 0. The molecule has 0 saturated carbocycles. The molecule has 0 unspecified atom stereocenters. The predicted octanol–water partition coefficient (Wildman–Crippen LogP) is 0.187. The van der Waals surface area contributed by atoms with Crippen LogP contribution in [0.5, 0.6) is 0 Å². The van der Waals surface area contributed by atoms with Crippen molar-refractivity contribution < 1.29 is 8.42 Å². The number of hydrogen-bond acceptors (Lipinski definition) is 5. The van der Waals surface area contributed by atoms with E-state index in [1.54, 1.807) is 6.92 Å². The molecule has 8 heteroatoms. The molecule has 0 aliphatic heterocycles. The lowest BCUT2D eigenvalue weighted by molar-refractivity contribution is 0.300. The summed E-state index contributed by atoms with van der Waals surface area (Å²) in [7, 11) is -3.58. The van der Waals surface area contributed by atoms with Crippen LogP contribution in [0.1, 0.15) is 31.5 Å². The largest absolute Gasteiger partial charge is 0.326 e. The maximum atomic E-state index is 12.1. The normalized spacial score (nSPS) is 12.2. The van der Waals surface area contributed by atoms with Gasteiger partial charge in [-0.3, -0.25) is 5.10 Å². The average molecular weight is 303 g/mol. The number of aromatic nitrogens is 2. The highest BCUT2D eigenvalue weighted by Gasteiger charge is 2.22. The van der Waals surface area contributed by atoms with E-state index in [1.165, 1.54) is 0 Å². The van der Waals surface area contributed by atoms with Gasteiger partial charge in [-0.15, -0.1) is 0 Å². The van der Waals surface area contributed by atoms with E-state index in [1.807, 2.05) is 0 Å². The first-order valence-corrected chi connectivity index (χ1v) is 8.40. The highest BCUT2D eigenvalue weighted by molar-refractivity contribution is 7.89. The number of rotatable bonds is 9. The van der Waals surface area contributed by atoms with Crippen LogP contribution in [0.4, 0.5) is 0 Å². The first-order valence-electron chi connectivity index (χ1n) is 6.92. The van der Waals surface area contributed by atoms with E-state index >= 15 is 0 Å². The van der Waals surface area contributed by atoms with E-state index in [0.717, 1.165) is 26.1 Å². The zero-order valence-corrected chi connectivity index (χ0v) is 13.3. The third-order valence-electron chi connectivity index (χ3n) is 3.33. The van der Waals surface area contributed by atoms with Crippen molar-refractivity contribution in [3.05, 3.63) is 11.3 Å². The van der Waals surface area contributed by atoms with Gasteiger partial charge in [-0.2, -0.15) is 5.10 Å². The number of nitrogens with two attached hydrogens (primary N) is 1. The minimum Gasteiger partial charge on any atom is -0.326 e. The molecule has 7 nitrogen and oxygen atoms in total. The molecule has 0 saturated heterocycles. The van der Waals surface area contributed by atoms with Crippen LogP contribution in [-0.2, 0) is 16.6 Å². The molecule has 0 spiro atoms. The number of aryl methyl sites for hydroxylation is 1. The van der Waals surface area contributed by atoms with Crippen LogP contribution in [-0.4, -0.2) is 49.7 Å². The monoisotopic (exact) mass is 303 g/mol. The summed E-state index contributed by atoms with van der Waals surface area (Å²) in [5, 5.41) is 6.52. The van der Waals surface area contributed by atoms with Crippen LogP contribution in [0.3, 0.4) is 0 Å². The van der Waals surface area contributed by atoms with E-state index in [9.17, 15) is 8.42 Å². The third kappa shape index (κ3) is 4.27. The Labute approximate surface area is 121 Å². The van der Waals surface area contributed by atoms with E-state index in [0.29, 0.717) is 17.8 Å². The minimum absolute atomic E-state index is 0.0142. The molecule has 0 bridgehead atoms. The zero-order chi connectivity index (χ0) is 15.2. The molecule has 20 heavy (non-hydrogen) atoms. The van der Waals surface area contributed by atoms with Crippen LogP contribution in [0.15, 0.2) is 5.03 Å². The third-order valence-corrected chi connectivity index (χ3v) is 4.76. The molecule has 0 fully saturated rings. The van der Waals surface area contributed by atoms with Crippen molar-refractivity contribution in [1.29, 1.82) is 0 Å². The van der Waals surface area contributed by atoms with Gasteiger partial charge in [0.25, 0.3) is 10.0 Å². The summed E-state index contributed by atoms with van der Waals surface area (Å²) in [4.78, 5) is 2.25. The Balaban J connectivity index is 2.58. The van der Waals surface area contributed by atoms with Crippen molar-refractivity contribution in [1.82, 2.24) is 19.8 Å². The van der Waals surface area contributed by atoms with Gasteiger partial charge in [0, 0.05) is 24.3 Å². The van der Waals surface area contributed by atoms with Crippen molar-refractivity contribution in [2.45, 2.75) is 38.8 Å². The Kier molecular flexibility index (Phi) is 6.60. The molecule has 1 aromatic rings. The number of nitrogens with one attached hydrogen (secondary N) is 2. The van der Waals surface area contributed by atoms with Gasteiger partial charge in [0.15, 0.2) is 5.03 Å². The Morgan fingerprint density at radius 2 is 2.00 bits per heavy atom. The second-order valence-corrected chi connectivity index (χ2v) is 6.30. The molecule has 1 aromatic heterocycles. The van der Waals surface area contributed by atoms with Crippen molar-refractivity contribution in [2.75, 3.05) is 26.2 Å². The Morgan fingerprint density at radius 3 is 2.55 bits per heavy atom.